The molecule has 94 valence electrons. The molecule has 1 saturated carbocycles. The summed E-state index contributed by atoms with van der Waals surface area (Å²) in [5.41, 5.74) is 2.41. The molecule has 1 heterocycles. The Kier molecular flexibility index (Phi) is 2.81. The van der Waals surface area contributed by atoms with Gasteiger partial charge >= 0.3 is 0 Å². The maximum atomic E-state index is 10.6. The first-order chi connectivity index (χ1) is 8.75. The van der Waals surface area contributed by atoms with Crippen molar-refractivity contribution in [3.8, 4) is 0 Å². The fourth-order valence-electron chi connectivity index (χ4n) is 3.11. The van der Waals surface area contributed by atoms with Crippen molar-refractivity contribution in [2.75, 3.05) is 20.1 Å². The summed E-state index contributed by atoms with van der Waals surface area (Å²) in [6.07, 6.45) is 4.94. The molecule has 3 rings (SSSR count). The molecule has 1 aromatic carbocycles. The van der Waals surface area contributed by atoms with Gasteiger partial charge in [0.2, 0.25) is 6.08 Å². The number of nitrogens with zero attached hydrogens (tertiary/aromatic N) is 2. The van der Waals surface area contributed by atoms with E-state index in [0.717, 1.165) is 25.9 Å². The van der Waals surface area contributed by atoms with Gasteiger partial charge in [0.1, 0.15) is 0 Å². The SMILES string of the molecule is CN1CCC(c2ccccc2C2(N=C=O)CC2)C1. The Morgan fingerprint density at radius 2 is 2.17 bits per heavy atom. The molecule has 3 nitrogen and oxygen atoms in total. The minimum Gasteiger partial charge on any atom is -0.306 e. The normalized spacial score (nSPS) is 25.7. The average Bonchev–Trinajstić information content (AvgIpc) is 3.04. The molecule has 1 atom stereocenters. The van der Waals surface area contributed by atoms with Crippen LogP contribution in [0, 0.1) is 0 Å². The Morgan fingerprint density at radius 3 is 2.78 bits per heavy atom. The van der Waals surface area contributed by atoms with Crippen LogP contribution in [0.15, 0.2) is 29.3 Å². The van der Waals surface area contributed by atoms with Gasteiger partial charge in [-0.15, -0.1) is 0 Å². The molecule has 1 saturated heterocycles. The van der Waals surface area contributed by atoms with Crippen molar-refractivity contribution in [1.29, 1.82) is 0 Å². The van der Waals surface area contributed by atoms with E-state index in [-0.39, 0.29) is 5.54 Å². The van der Waals surface area contributed by atoms with Crippen LogP contribution in [0.2, 0.25) is 0 Å². The molecule has 0 spiro atoms. The molecule has 18 heavy (non-hydrogen) atoms. The molecule has 0 radical (unpaired) electrons. The van der Waals surface area contributed by atoms with Crippen LogP contribution in [-0.2, 0) is 10.3 Å². The number of isocyanates is 1. The van der Waals surface area contributed by atoms with E-state index >= 15 is 0 Å². The lowest BCUT2D eigenvalue weighted by atomic mass is 9.89. The summed E-state index contributed by atoms with van der Waals surface area (Å²) in [6, 6.07) is 8.50. The van der Waals surface area contributed by atoms with Gasteiger partial charge in [-0.25, -0.2) is 4.79 Å². The van der Waals surface area contributed by atoms with Crippen LogP contribution in [0.4, 0.5) is 0 Å². The van der Waals surface area contributed by atoms with Crippen LogP contribution in [0.5, 0.6) is 0 Å². The summed E-state index contributed by atoms with van der Waals surface area (Å²) in [6.45, 7) is 2.26. The molecule has 1 unspecified atom stereocenters. The third-order valence-electron chi connectivity index (χ3n) is 4.28. The molecule has 0 bridgehead atoms. The van der Waals surface area contributed by atoms with Crippen molar-refractivity contribution in [2.45, 2.75) is 30.7 Å². The van der Waals surface area contributed by atoms with Gasteiger partial charge in [0.05, 0.1) is 5.54 Å². The van der Waals surface area contributed by atoms with E-state index in [0.29, 0.717) is 5.92 Å². The van der Waals surface area contributed by atoms with Gasteiger partial charge in [0, 0.05) is 6.54 Å². The van der Waals surface area contributed by atoms with E-state index < -0.39 is 0 Å². The number of carbonyl (C=O) groups excluding carboxylic acids is 1. The van der Waals surface area contributed by atoms with Crippen LogP contribution >= 0.6 is 0 Å². The molecule has 1 aliphatic heterocycles. The highest BCUT2D eigenvalue weighted by Gasteiger charge is 2.46. The highest BCUT2D eigenvalue weighted by molar-refractivity contribution is 5.45. The molecule has 0 amide bonds. The average molecular weight is 242 g/mol. The zero-order valence-electron chi connectivity index (χ0n) is 10.7. The number of rotatable bonds is 3. The number of benzene rings is 1. The molecule has 1 aliphatic carbocycles. The second-order valence-electron chi connectivity index (χ2n) is 5.57. The van der Waals surface area contributed by atoms with Crippen LogP contribution < -0.4 is 0 Å². The van der Waals surface area contributed by atoms with E-state index in [4.69, 9.17) is 0 Å². The van der Waals surface area contributed by atoms with E-state index in [1.165, 1.54) is 17.5 Å². The number of likely N-dealkylation sites (N-methyl/N-ethyl adjacent to an activating group) is 1. The van der Waals surface area contributed by atoms with E-state index in [1.54, 1.807) is 6.08 Å². The van der Waals surface area contributed by atoms with Gasteiger partial charge in [-0.1, -0.05) is 24.3 Å². The zero-order chi connectivity index (χ0) is 12.6. The first kappa shape index (κ1) is 11.6. The number of hydrogen-bond donors (Lipinski definition) is 0. The fraction of sp³-hybridized carbons (Fsp3) is 0.533. The highest BCUT2D eigenvalue weighted by atomic mass is 16.1. The van der Waals surface area contributed by atoms with Crippen molar-refractivity contribution in [3.05, 3.63) is 35.4 Å². The van der Waals surface area contributed by atoms with Gasteiger partial charge in [0.25, 0.3) is 0 Å². The first-order valence-corrected chi connectivity index (χ1v) is 6.62. The molecule has 2 fully saturated rings. The van der Waals surface area contributed by atoms with Crippen LogP contribution in [0.3, 0.4) is 0 Å². The molecular formula is C15H18N2O. The maximum absolute atomic E-state index is 10.6. The highest BCUT2D eigenvalue weighted by Crippen LogP contribution is 2.51. The van der Waals surface area contributed by atoms with E-state index in [9.17, 15) is 4.79 Å². The Morgan fingerprint density at radius 1 is 1.39 bits per heavy atom. The number of likely N-dealkylation sites (tertiary alicyclic amines) is 1. The second-order valence-corrected chi connectivity index (χ2v) is 5.57. The summed E-state index contributed by atoms with van der Waals surface area (Å²) in [7, 11) is 2.17. The third kappa shape index (κ3) is 1.90. The van der Waals surface area contributed by atoms with E-state index in [1.807, 2.05) is 0 Å². The maximum Gasteiger partial charge on any atom is 0.235 e. The summed E-state index contributed by atoms with van der Waals surface area (Å²) < 4.78 is 0. The Balaban J connectivity index is 1.98. The Bertz CT molecular complexity index is 501. The molecule has 1 aromatic rings. The van der Waals surface area contributed by atoms with Gasteiger partial charge in [-0.05, 0) is 49.9 Å². The van der Waals surface area contributed by atoms with Gasteiger partial charge in [-0.3, -0.25) is 0 Å². The monoisotopic (exact) mass is 242 g/mol. The summed E-state index contributed by atoms with van der Waals surface area (Å²) in [5, 5.41) is 0. The molecule has 0 N–H and O–H groups in total. The smallest absolute Gasteiger partial charge is 0.235 e. The minimum atomic E-state index is -0.237. The van der Waals surface area contributed by atoms with Crippen LogP contribution in [0.1, 0.15) is 36.3 Å². The first-order valence-electron chi connectivity index (χ1n) is 6.62. The largest absolute Gasteiger partial charge is 0.306 e. The quantitative estimate of drug-likeness (QED) is 0.602. The number of hydrogen-bond acceptors (Lipinski definition) is 3. The van der Waals surface area contributed by atoms with Crippen molar-refractivity contribution in [2.24, 2.45) is 4.99 Å². The third-order valence-corrected chi connectivity index (χ3v) is 4.28. The van der Waals surface area contributed by atoms with Gasteiger partial charge in [-0.2, -0.15) is 4.99 Å². The minimum absolute atomic E-state index is 0.237. The lowest BCUT2D eigenvalue weighted by Crippen LogP contribution is -2.15. The van der Waals surface area contributed by atoms with Crippen molar-refractivity contribution in [3.63, 3.8) is 0 Å². The standard InChI is InChI=1S/C15H18N2O/c1-17-9-6-12(10-17)13-4-2-3-5-14(13)15(7-8-15)16-11-18/h2-5,12H,6-10H2,1H3. The van der Waals surface area contributed by atoms with Crippen molar-refractivity contribution in [1.82, 2.24) is 4.90 Å². The molecule has 2 aliphatic rings. The lowest BCUT2D eigenvalue weighted by molar-refractivity contribution is 0.411. The number of aliphatic imine (C=N–C) groups is 1. The van der Waals surface area contributed by atoms with Crippen molar-refractivity contribution >= 4 is 6.08 Å². The predicted octanol–water partition coefficient (Wildman–Crippen LogP) is 2.43. The van der Waals surface area contributed by atoms with Crippen molar-refractivity contribution < 1.29 is 4.79 Å². The van der Waals surface area contributed by atoms with E-state index in [2.05, 4.69) is 41.2 Å². The summed E-state index contributed by atoms with van der Waals surface area (Å²) in [5.74, 6) is 0.588. The Labute approximate surface area is 108 Å². The zero-order valence-corrected chi connectivity index (χ0v) is 10.7. The summed E-state index contributed by atoms with van der Waals surface area (Å²) in [4.78, 5) is 17.1. The predicted molar refractivity (Wildman–Crippen MR) is 70.3 cm³/mol. The second kappa shape index (κ2) is 4.34. The fourth-order valence-corrected chi connectivity index (χ4v) is 3.11. The Hall–Kier alpha value is -1.44. The van der Waals surface area contributed by atoms with Crippen LogP contribution in [0.25, 0.3) is 0 Å². The molecular weight excluding hydrogens is 224 g/mol. The molecule has 0 aromatic heterocycles. The molecule has 3 heteroatoms. The van der Waals surface area contributed by atoms with Crippen LogP contribution in [-0.4, -0.2) is 31.1 Å². The summed E-state index contributed by atoms with van der Waals surface area (Å²) >= 11 is 0. The van der Waals surface area contributed by atoms with Gasteiger partial charge in [0.15, 0.2) is 0 Å². The topological polar surface area (TPSA) is 32.7 Å². The van der Waals surface area contributed by atoms with Gasteiger partial charge < -0.3 is 4.90 Å². The lowest BCUT2D eigenvalue weighted by Gasteiger charge is -2.19.